The number of hydrogen-bond donors (Lipinski definition) is 1. The molecule has 0 radical (unpaired) electrons. The quantitative estimate of drug-likeness (QED) is 0.792. The topological polar surface area (TPSA) is 37.8 Å². The maximum Gasteiger partial charge on any atom is 0.115 e. The van der Waals surface area contributed by atoms with Gasteiger partial charge in [-0.2, -0.15) is 0 Å². The number of rotatable bonds is 3. The van der Waals surface area contributed by atoms with Gasteiger partial charge in [-0.05, 0) is 25.8 Å². The molecule has 1 N–H and O–H groups in total. The van der Waals surface area contributed by atoms with Crippen molar-refractivity contribution in [1.82, 2.24) is 15.3 Å². The molecular formula is C11H17N3. The summed E-state index contributed by atoms with van der Waals surface area (Å²) in [5.74, 6) is 0. The minimum absolute atomic E-state index is 0.713. The summed E-state index contributed by atoms with van der Waals surface area (Å²) in [6, 6.07) is 2.76. The monoisotopic (exact) mass is 191 g/mol. The Morgan fingerprint density at radius 3 is 2.86 bits per heavy atom. The molecule has 1 saturated carbocycles. The van der Waals surface area contributed by atoms with Crippen LogP contribution in [-0.2, 0) is 6.54 Å². The van der Waals surface area contributed by atoms with E-state index in [2.05, 4.69) is 15.3 Å². The van der Waals surface area contributed by atoms with Crippen molar-refractivity contribution < 1.29 is 0 Å². The molecule has 0 aromatic carbocycles. The molecule has 76 valence electrons. The molecule has 2 rings (SSSR count). The number of nitrogens with zero attached hydrogens (tertiary/aromatic N) is 2. The standard InChI is InChI=1S/C11H17N3/c1-9-6-11(14-8-13-9)7-12-10-4-2-3-5-10/h6,8,10,12H,2-5,7H2,1H3. The minimum Gasteiger partial charge on any atom is -0.308 e. The van der Waals surface area contributed by atoms with Crippen molar-refractivity contribution in [1.29, 1.82) is 0 Å². The molecule has 1 aliphatic rings. The third-order valence-electron chi connectivity index (χ3n) is 2.79. The Kier molecular flexibility index (Phi) is 3.09. The second-order valence-electron chi connectivity index (χ2n) is 4.01. The molecule has 3 heteroatoms. The highest BCUT2D eigenvalue weighted by Gasteiger charge is 2.13. The fourth-order valence-corrected chi connectivity index (χ4v) is 1.99. The van der Waals surface area contributed by atoms with Gasteiger partial charge in [-0.1, -0.05) is 12.8 Å². The van der Waals surface area contributed by atoms with Gasteiger partial charge in [0.25, 0.3) is 0 Å². The van der Waals surface area contributed by atoms with Crippen LogP contribution in [0.4, 0.5) is 0 Å². The number of hydrogen-bond acceptors (Lipinski definition) is 3. The SMILES string of the molecule is Cc1cc(CNC2CCCC2)ncn1. The van der Waals surface area contributed by atoms with E-state index in [1.807, 2.05) is 13.0 Å². The van der Waals surface area contributed by atoms with Crippen LogP contribution in [0.25, 0.3) is 0 Å². The smallest absolute Gasteiger partial charge is 0.115 e. The Hall–Kier alpha value is -0.960. The molecule has 1 fully saturated rings. The third kappa shape index (κ3) is 2.51. The van der Waals surface area contributed by atoms with Gasteiger partial charge in [0.05, 0.1) is 5.69 Å². The van der Waals surface area contributed by atoms with Crippen molar-refractivity contribution in [3.05, 3.63) is 23.8 Å². The normalized spacial score (nSPS) is 17.5. The average Bonchev–Trinajstić information content (AvgIpc) is 2.67. The molecular weight excluding hydrogens is 174 g/mol. The van der Waals surface area contributed by atoms with Crippen LogP contribution in [0, 0.1) is 6.92 Å². The highest BCUT2D eigenvalue weighted by molar-refractivity contribution is 5.06. The van der Waals surface area contributed by atoms with E-state index in [1.54, 1.807) is 6.33 Å². The summed E-state index contributed by atoms with van der Waals surface area (Å²) in [4.78, 5) is 8.31. The highest BCUT2D eigenvalue weighted by atomic mass is 14.9. The van der Waals surface area contributed by atoms with Crippen LogP contribution in [0.2, 0.25) is 0 Å². The molecule has 1 aliphatic carbocycles. The lowest BCUT2D eigenvalue weighted by Gasteiger charge is -2.10. The van der Waals surface area contributed by atoms with Crippen LogP contribution in [0.3, 0.4) is 0 Å². The predicted molar refractivity (Wildman–Crippen MR) is 55.9 cm³/mol. The summed E-state index contributed by atoms with van der Waals surface area (Å²) in [6.45, 7) is 2.88. The third-order valence-corrected chi connectivity index (χ3v) is 2.79. The molecule has 1 aromatic heterocycles. The van der Waals surface area contributed by atoms with Crippen molar-refractivity contribution >= 4 is 0 Å². The molecule has 14 heavy (non-hydrogen) atoms. The summed E-state index contributed by atoms with van der Waals surface area (Å²) < 4.78 is 0. The molecule has 0 bridgehead atoms. The lowest BCUT2D eigenvalue weighted by Crippen LogP contribution is -2.25. The zero-order chi connectivity index (χ0) is 9.80. The minimum atomic E-state index is 0.713. The van der Waals surface area contributed by atoms with E-state index in [9.17, 15) is 0 Å². The van der Waals surface area contributed by atoms with Crippen LogP contribution in [0.5, 0.6) is 0 Å². The molecule has 0 amide bonds. The molecule has 0 saturated heterocycles. The highest BCUT2D eigenvalue weighted by Crippen LogP contribution is 2.17. The summed E-state index contributed by atoms with van der Waals surface area (Å²) in [5.41, 5.74) is 2.15. The van der Waals surface area contributed by atoms with E-state index in [0.717, 1.165) is 17.9 Å². The van der Waals surface area contributed by atoms with Crippen LogP contribution < -0.4 is 5.32 Å². The van der Waals surface area contributed by atoms with E-state index in [0.29, 0.717) is 6.04 Å². The zero-order valence-corrected chi connectivity index (χ0v) is 8.66. The average molecular weight is 191 g/mol. The van der Waals surface area contributed by atoms with Gasteiger partial charge in [0.15, 0.2) is 0 Å². The van der Waals surface area contributed by atoms with Gasteiger partial charge in [0, 0.05) is 18.3 Å². The molecule has 3 nitrogen and oxygen atoms in total. The first-order chi connectivity index (χ1) is 6.84. The predicted octanol–water partition coefficient (Wildman–Crippen LogP) is 1.82. The lowest BCUT2D eigenvalue weighted by atomic mass is 10.2. The van der Waals surface area contributed by atoms with E-state index in [-0.39, 0.29) is 0 Å². The van der Waals surface area contributed by atoms with Crippen molar-refractivity contribution in [3.8, 4) is 0 Å². The molecule has 1 aromatic rings. The fourth-order valence-electron chi connectivity index (χ4n) is 1.99. The van der Waals surface area contributed by atoms with E-state index >= 15 is 0 Å². The Morgan fingerprint density at radius 2 is 2.14 bits per heavy atom. The van der Waals surface area contributed by atoms with E-state index in [1.165, 1.54) is 25.7 Å². The largest absolute Gasteiger partial charge is 0.308 e. The summed E-state index contributed by atoms with van der Waals surface area (Å²) >= 11 is 0. The number of nitrogens with one attached hydrogen (secondary N) is 1. The van der Waals surface area contributed by atoms with E-state index < -0.39 is 0 Å². The van der Waals surface area contributed by atoms with Crippen molar-refractivity contribution in [3.63, 3.8) is 0 Å². The van der Waals surface area contributed by atoms with Gasteiger partial charge in [0.1, 0.15) is 6.33 Å². The van der Waals surface area contributed by atoms with Crippen molar-refractivity contribution in [2.24, 2.45) is 0 Å². The first-order valence-electron chi connectivity index (χ1n) is 5.35. The summed E-state index contributed by atoms with van der Waals surface area (Å²) in [7, 11) is 0. The molecule has 1 heterocycles. The Bertz CT molecular complexity index is 292. The fraction of sp³-hybridized carbons (Fsp3) is 0.636. The number of aryl methyl sites for hydroxylation is 1. The molecule has 0 aliphatic heterocycles. The first-order valence-corrected chi connectivity index (χ1v) is 5.35. The van der Waals surface area contributed by atoms with Gasteiger partial charge < -0.3 is 5.32 Å². The maximum atomic E-state index is 4.23. The Balaban J connectivity index is 1.85. The Morgan fingerprint density at radius 1 is 1.36 bits per heavy atom. The summed E-state index contributed by atoms with van der Waals surface area (Å²) in [6.07, 6.45) is 7.04. The zero-order valence-electron chi connectivity index (χ0n) is 8.66. The summed E-state index contributed by atoms with van der Waals surface area (Å²) in [5, 5.41) is 3.53. The van der Waals surface area contributed by atoms with Crippen LogP contribution in [0.1, 0.15) is 37.1 Å². The van der Waals surface area contributed by atoms with Gasteiger partial charge in [-0.3, -0.25) is 0 Å². The van der Waals surface area contributed by atoms with Crippen molar-refractivity contribution in [2.45, 2.75) is 45.2 Å². The van der Waals surface area contributed by atoms with Gasteiger partial charge in [0.2, 0.25) is 0 Å². The number of aromatic nitrogens is 2. The maximum absolute atomic E-state index is 4.23. The van der Waals surface area contributed by atoms with Gasteiger partial charge in [-0.25, -0.2) is 9.97 Å². The van der Waals surface area contributed by atoms with Crippen LogP contribution in [-0.4, -0.2) is 16.0 Å². The second kappa shape index (κ2) is 4.51. The first kappa shape index (κ1) is 9.59. The van der Waals surface area contributed by atoms with E-state index in [4.69, 9.17) is 0 Å². The van der Waals surface area contributed by atoms with Gasteiger partial charge >= 0.3 is 0 Å². The van der Waals surface area contributed by atoms with Gasteiger partial charge in [-0.15, -0.1) is 0 Å². The lowest BCUT2D eigenvalue weighted by molar-refractivity contribution is 0.519. The van der Waals surface area contributed by atoms with Crippen molar-refractivity contribution in [2.75, 3.05) is 0 Å². The van der Waals surface area contributed by atoms with Crippen LogP contribution >= 0.6 is 0 Å². The molecule has 0 atom stereocenters. The van der Waals surface area contributed by atoms with Crippen LogP contribution in [0.15, 0.2) is 12.4 Å². The molecule has 0 unspecified atom stereocenters. The molecule has 0 spiro atoms. The Labute approximate surface area is 85.0 Å². The second-order valence-corrected chi connectivity index (χ2v) is 4.01.